The molecular formula is C18H21N5O. The van der Waals surface area contributed by atoms with Crippen LogP contribution in [-0.4, -0.2) is 55.2 Å². The van der Waals surface area contributed by atoms with Gasteiger partial charge in [0.2, 0.25) is 0 Å². The number of carbonyl (C=O) groups is 1. The van der Waals surface area contributed by atoms with E-state index in [0.717, 1.165) is 37.4 Å². The van der Waals surface area contributed by atoms with Crippen molar-refractivity contribution in [1.82, 2.24) is 15.3 Å². The summed E-state index contributed by atoms with van der Waals surface area (Å²) in [6.07, 6.45) is 4.84. The molecule has 3 rings (SSSR count). The first-order valence-corrected chi connectivity index (χ1v) is 8.00. The number of rotatable bonds is 4. The fourth-order valence-corrected chi connectivity index (χ4v) is 2.65. The van der Waals surface area contributed by atoms with Gasteiger partial charge in [0, 0.05) is 49.8 Å². The molecule has 0 atom stereocenters. The minimum atomic E-state index is -0.267. The van der Waals surface area contributed by atoms with Crippen LogP contribution < -0.4 is 10.3 Å². The van der Waals surface area contributed by atoms with Gasteiger partial charge in [-0.15, -0.1) is 0 Å². The van der Waals surface area contributed by atoms with Gasteiger partial charge in [0.1, 0.15) is 0 Å². The molecule has 6 heteroatoms. The summed E-state index contributed by atoms with van der Waals surface area (Å²) in [5.41, 5.74) is 5.17. The van der Waals surface area contributed by atoms with Crippen LogP contribution in [0.15, 0.2) is 53.9 Å². The number of carbonyl (C=O) groups excluding carboxylic acids is 1. The summed E-state index contributed by atoms with van der Waals surface area (Å²) in [6, 6.07) is 11.5. The molecule has 124 valence electrons. The molecule has 1 aromatic heterocycles. The molecule has 6 nitrogen and oxygen atoms in total. The Kier molecular flexibility index (Phi) is 5.18. The smallest absolute Gasteiger partial charge is 0.272 e. The summed E-state index contributed by atoms with van der Waals surface area (Å²) in [5.74, 6) is -0.267. The van der Waals surface area contributed by atoms with E-state index < -0.39 is 0 Å². The van der Waals surface area contributed by atoms with Crippen molar-refractivity contribution in [1.29, 1.82) is 0 Å². The predicted molar refractivity (Wildman–Crippen MR) is 95.4 cm³/mol. The minimum Gasteiger partial charge on any atom is -0.368 e. The number of para-hydroxylation sites is 1. The number of pyridine rings is 1. The Hall–Kier alpha value is -2.73. The van der Waals surface area contributed by atoms with E-state index in [9.17, 15) is 4.79 Å². The molecular weight excluding hydrogens is 302 g/mol. The third kappa shape index (κ3) is 3.97. The van der Waals surface area contributed by atoms with Gasteiger partial charge < -0.3 is 9.80 Å². The van der Waals surface area contributed by atoms with E-state index in [-0.39, 0.29) is 5.91 Å². The van der Waals surface area contributed by atoms with Crippen molar-refractivity contribution >= 4 is 17.8 Å². The van der Waals surface area contributed by atoms with Gasteiger partial charge in [-0.2, -0.15) is 5.10 Å². The van der Waals surface area contributed by atoms with E-state index in [1.807, 2.05) is 18.2 Å². The monoisotopic (exact) mass is 323 g/mol. The second kappa shape index (κ2) is 7.70. The molecule has 1 N–H and O–H groups in total. The lowest BCUT2D eigenvalue weighted by Crippen LogP contribution is -2.44. The first kappa shape index (κ1) is 16.1. The number of benzene rings is 1. The summed E-state index contributed by atoms with van der Waals surface area (Å²) < 4.78 is 0. The molecule has 24 heavy (non-hydrogen) atoms. The van der Waals surface area contributed by atoms with Gasteiger partial charge in [0.15, 0.2) is 0 Å². The van der Waals surface area contributed by atoms with Gasteiger partial charge in [-0.3, -0.25) is 9.78 Å². The maximum Gasteiger partial charge on any atom is 0.272 e. The molecule has 0 bridgehead atoms. The van der Waals surface area contributed by atoms with Crippen LogP contribution in [-0.2, 0) is 0 Å². The van der Waals surface area contributed by atoms with Crippen LogP contribution in [0.5, 0.6) is 0 Å². The minimum absolute atomic E-state index is 0.267. The van der Waals surface area contributed by atoms with E-state index in [2.05, 4.69) is 38.4 Å². The van der Waals surface area contributed by atoms with Crippen LogP contribution in [0.2, 0.25) is 0 Å². The normalized spacial score (nSPS) is 15.6. The Morgan fingerprint density at radius 1 is 1.17 bits per heavy atom. The van der Waals surface area contributed by atoms with E-state index in [0.29, 0.717) is 5.56 Å². The zero-order chi connectivity index (χ0) is 16.8. The summed E-state index contributed by atoms with van der Waals surface area (Å²) >= 11 is 0. The standard InChI is InChI=1S/C18H21N5O/c1-22-9-11-23(12-10-22)17-7-3-2-5-15(17)14-20-21-18(24)16-6-4-8-19-13-16/h2-8,13-14H,9-12H2,1H3,(H,21,24)/b20-14-. The number of piperazine rings is 1. The molecule has 2 heterocycles. The fourth-order valence-electron chi connectivity index (χ4n) is 2.65. The lowest BCUT2D eigenvalue weighted by Gasteiger charge is -2.34. The summed E-state index contributed by atoms with van der Waals surface area (Å²) in [7, 11) is 2.14. The van der Waals surface area contributed by atoms with Crippen molar-refractivity contribution in [2.45, 2.75) is 0 Å². The molecule has 1 aliphatic heterocycles. The number of hydrogen-bond donors (Lipinski definition) is 1. The average molecular weight is 323 g/mol. The Bertz CT molecular complexity index is 708. The quantitative estimate of drug-likeness (QED) is 0.686. The molecule has 0 aliphatic carbocycles. The third-order valence-electron chi connectivity index (χ3n) is 4.07. The molecule has 0 unspecified atom stereocenters. The van der Waals surface area contributed by atoms with Gasteiger partial charge in [-0.25, -0.2) is 5.43 Å². The van der Waals surface area contributed by atoms with Crippen molar-refractivity contribution in [2.24, 2.45) is 5.10 Å². The number of likely N-dealkylation sites (N-methyl/N-ethyl adjacent to an activating group) is 1. The largest absolute Gasteiger partial charge is 0.368 e. The fraction of sp³-hybridized carbons (Fsp3) is 0.278. The van der Waals surface area contributed by atoms with Crippen molar-refractivity contribution in [3.05, 3.63) is 59.9 Å². The van der Waals surface area contributed by atoms with Gasteiger partial charge in [0.25, 0.3) is 5.91 Å². The van der Waals surface area contributed by atoms with Crippen LogP contribution in [0.1, 0.15) is 15.9 Å². The first-order valence-electron chi connectivity index (χ1n) is 8.00. The molecule has 0 radical (unpaired) electrons. The molecule has 1 aliphatic rings. The van der Waals surface area contributed by atoms with E-state index in [1.165, 1.54) is 6.20 Å². The molecule has 1 fully saturated rings. The highest BCUT2D eigenvalue weighted by atomic mass is 16.2. The zero-order valence-electron chi connectivity index (χ0n) is 13.7. The van der Waals surface area contributed by atoms with Crippen molar-refractivity contribution < 1.29 is 4.79 Å². The maximum absolute atomic E-state index is 12.0. The SMILES string of the molecule is CN1CCN(c2ccccc2/C=N\NC(=O)c2cccnc2)CC1. The van der Waals surface area contributed by atoms with Crippen molar-refractivity contribution in [3.8, 4) is 0 Å². The van der Waals surface area contributed by atoms with Crippen molar-refractivity contribution in [2.75, 3.05) is 38.1 Å². The summed E-state index contributed by atoms with van der Waals surface area (Å²) in [5, 5.41) is 4.10. The van der Waals surface area contributed by atoms with Crippen LogP contribution in [0, 0.1) is 0 Å². The molecule has 1 aromatic carbocycles. The van der Waals surface area contributed by atoms with Gasteiger partial charge in [-0.05, 0) is 25.2 Å². The van der Waals surface area contributed by atoms with Gasteiger partial charge in [-0.1, -0.05) is 18.2 Å². The molecule has 2 aromatic rings. The molecule has 0 saturated carbocycles. The number of hydrogen-bond acceptors (Lipinski definition) is 5. The second-order valence-corrected chi connectivity index (χ2v) is 5.79. The van der Waals surface area contributed by atoms with Crippen LogP contribution in [0.3, 0.4) is 0 Å². The molecule has 1 saturated heterocycles. The number of hydrazone groups is 1. The first-order chi connectivity index (χ1) is 11.7. The topological polar surface area (TPSA) is 60.8 Å². The maximum atomic E-state index is 12.0. The van der Waals surface area contributed by atoms with E-state index in [4.69, 9.17) is 0 Å². The number of aromatic nitrogens is 1. The summed E-state index contributed by atoms with van der Waals surface area (Å²) in [6.45, 7) is 4.07. The number of nitrogens with zero attached hydrogens (tertiary/aromatic N) is 4. The van der Waals surface area contributed by atoms with Gasteiger partial charge in [0.05, 0.1) is 11.8 Å². The number of amides is 1. The Morgan fingerprint density at radius 2 is 1.96 bits per heavy atom. The van der Waals surface area contributed by atoms with E-state index in [1.54, 1.807) is 24.5 Å². The van der Waals surface area contributed by atoms with Crippen molar-refractivity contribution in [3.63, 3.8) is 0 Å². The lowest BCUT2D eigenvalue weighted by atomic mass is 10.1. The third-order valence-corrected chi connectivity index (χ3v) is 4.07. The highest BCUT2D eigenvalue weighted by Crippen LogP contribution is 2.20. The lowest BCUT2D eigenvalue weighted by molar-refractivity contribution is 0.0955. The zero-order valence-corrected chi connectivity index (χ0v) is 13.7. The summed E-state index contributed by atoms with van der Waals surface area (Å²) in [4.78, 5) is 20.6. The highest BCUT2D eigenvalue weighted by molar-refractivity contribution is 5.95. The second-order valence-electron chi connectivity index (χ2n) is 5.79. The van der Waals surface area contributed by atoms with Crippen LogP contribution >= 0.6 is 0 Å². The molecule has 1 amide bonds. The van der Waals surface area contributed by atoms with Gasteiger partial charge >= 0.3 is 0 Å². The predicted octanol–water partition coefficient (Wildman–Crippen LogP) is 1.60. The Balaban J connectivity index is 1.68. The highest BCUT2D eigenvalue weighted by Gasteiger charge is 2.16. The van der Waals surface area contributed by atoms with E-state index >= 15 is 0 Å². The number of nitrogens with one attached hydrogen (secondary N) is 1. The Morgan fingerprint density at radius 3 is 2.71 bits per heavy atom. The van der Waals surface area contributed by atoms with Crippen LogP contribution in [0.25, 0.3) is 0 Å². The van der Waals surface area contributed by atoms with Crippen LogP contribution in [0.4, 0.5) is 5.69 Å². The Labute approximate surface area is 141 Å². The molecule has 0 spiro atoms. The average Bonchev–Trinajstić information content (AvgIpc) is 2.63. The number of anilines is 1.